The highest BCUT2D eigenvalue weighted by molar-refractivity contribution is 7.89. The lowest BCUT2D eigenvalue weighted by Gasteiger charge is -2.14. The molecular weight excluding hydrogens is 172 g/mol. The van der Waals surface area contributed by atoms with Crippen molar-refractivity contribution in [3.05, 3.63) is 0 Å². The average Bonchev–Trinajstić information content (AvgIpc) is 2.00. The van der Waals surface area contributed by atoms with Crippen LogP contribution in [0.15, 0.2) is 0 Å². The second-order valence-electron chi connectivity index (χ2n) is 1.46. The van der Waals surface area contributed by atoms with E-state index in [1.54, 1.807) is 12.4 Å². The Bertz CT molecular complexity index is 150. The van der Waals surface area contributed by atoms with Gasteiger partial charge in [-0.2, -0.15) is 0 Å². The fourth-order valence-corrected chi connectivity index (χ4v) is 0.589. The van der Waals surface area contributed by atoms with Crippen molar-refractivity contribution in [1.82, 2.24) is 10.5 Å². The van der Waals surface area contributed by atoms with Gasteiger partial charge >= 0.3 is 0 Å². The van der Waals surface area contributed by atoms with E-state index in [0.717, 1.165) is 5.06 Å². The Hall–Kier alpha value is -0.300. The van der Waals surface area contributed by atoms with E-state index >= 15 is 0 Å². The summed E-state index contributed by atoms with van der Waals surface area (Å²) in [4.78, 5) is -0.0423. The van der Waals surface area contributed by atoms with E-state index in [0.29, 0.717) is 6.54 Å². The molecule has 0 saturated carbocycles. The molecule has 0 heterocycles. The standard InChI is InChI=1S/C4H8N2O2S2/c1-2-6(8)4(10)3(9)5-7/h7-8H,2H2,1H3,(H,5,9). The first-order valence-electron chi connectivity index (χ1n) is 2.58. The maximum atomic E-state index is 8.88. The predicted octanol–water partition coefficient (Wildman–Crippen LogP) is 0.331. The quantitative estimate of drug-likeness (QED) is 0.399. The number of thiocarbonyl (C=S) groups is 2. The van der Waals surface area contributed by atoms with Crippen molar-refractivity contribution in [2.75, 3.05) is 6.54 Å². The van der Waals surface area contributed by atoms with Crippen LogP contribution in [-0.4, -0.2) is 32.0 Å². The van der Waals surface area contributed by atoms with Gasteiger partial charge in [0.1, 0.15) is 0 Å². The van der Waals surface area contributed by atoms with Crippen LogP contribution in [0.3, 0.4) is 0 Å². The number of hydrogen-bond donors (Lipinski definition) is 3. The molecule has 0 atom stereocenters. The van der Waals surface area contributed by atoms with E-state index in [-0.39, 0.29) is 9.98 Å². The van der Waals surface area contributed by atoms with Crippen LogP contribution in [0.25, 0.3) is 0 Å². The van der Waals surface area contributed by atoms with Gasteiger partial charge < -0.3 is 0 Å². The van der Waals surface area contributed by atoms with Gasteiger partial charge in [-0.1, -0.05) is 24.4 Å². The van der Waals surface area contributed by atoms with E-state index in [1.165, 1.54) is 0 Å². The lowest BCUT2D eigenvalue weighted by atomic mass is 10.6. The van der Waals surface area contributed by atoms with E-state index in [1.807, 2.05) is 0 Å². The molecule has 10 heavy (non-hydrogen) atoms. The van der Waals surface area contributed by atoms with Gasteiger partial charge in [-0.15, -0.1) is 0 Å². The first-order chi connectivity index (χ1) is 4.63. The van der Waals surface area contributed by atoms with Crippen LogP contribution in [0.1, 0.15) is 6.92 Å². The fraction of sp³-hybridized carbons (Fsp3) is 0.500. The molecule has 0 aliphatic rings. The number of hydroxylamine groups is 3. The summed E-state index contributed by atoms with van der Waals surface area (Å²) in [5.74, 6) is 0. The number of likely N-dealkylation sites (N-methyl/N-ethyl adjacent to an activating group) is 1. The van der Waals surface area contributed by atoms with Crippen molar-refractivity contribution < 1.29 is 10.4 Å². The molecule has 58 valence electrons. The first kappa shape index (κ1) is 9.70. The summed E-state index contributed by atoms with van der Waals surface area (Å²) in [6, 6.07) is 0. The maximum Gasteiger partial charge on any atom is 0.162 e. The van der Waals surface area contributed by atoms with Gasteiger partial charge in [0.15, 0.2) is 9.98 Å². The summed E-state index contributed by atoms with van der Waals surface area (Å²) >= 11 is 9.13. The minimum atomic E-state index is -0.0562. The van der Waals surface area contributed by atoms with Crippen molar-refractivity contribution in [3.63, 3.8) is 0 Å². The average molecular weight is 180 g/mol. The highest BCUT2D eigenvalue weighted by Crippen LogP contribution is 1.87. The van der Waals surface area contributed by atoms with E-state index in [9.17, 15) is 0 Å². The minimum Gasteiger partial charge on any atom is -0.290 e. The number of rotatable bonds is 1. The highest BCUT2D eigenvalue weighted by Gasteiger charge is 2.07. The van der Waals surface area contributed by atoms with Crippen molar-refractivity contribution in [1.29, 1.82) is 0 Å². The molecule has 4 nitrogen and oxygen atoms in total. The van der Waals surface area contributed by atoms with Crippen LogP contribution in [0, 0.1) is 0 Å². The first-order valence-corrected chi connectivity index (χ1v) is 3.40. The Morgan fingerprint density at radius 2 is 2.10 bits per heavy atom. The third kappa shape index (κ3) is 2.53. The second-order valence-corrected chi connectivity index (χ2v) is 2.26. The molecular formula is C4H8N2O2S2. The lowest BCUT2D eigenvalue weighted by molar-refractivity contribution is -0.00430. The number of hydrogen-bond acceptors (Lipinski definition) is 4. The Morgan fingerprint density at radius 1 is 1.60 bits per heavy atom. The topological polar surface area (TPSA) is 55.7 Å². The van der Waals surface area contributed by atoms with Gasteiger partial charge in [-0.05, 0) is 6.92 Å². The number of nitrogens with one attached hydrogen (secondary N) is 1. The zero-order chi connectivity index (χ0) is 8.15. The summed E-state index contributed by atoms with van der Waals surface area (Å²) in [6.45, 7) is 2.03. The smallest absolute Gasteiger partial charge is 0.162 e. The monoisotopic (exact) mass is 180 g/mol. The Morgan fingerprint density at radius 3 is 2.40 bits per heavy atom. The van der Waals surface area contributed by atoms with Crippen LogP contribution in [0.5, 0.6) is 0 Å². The van der Waals surface area contributed by atoms with Crippen molar-refractivity contribution in [2.24, 2.45) is 0 Å². The summed E-state index contributed by atoms with van der Waals surface area (Å²) in [6.07, 6.45) is 0. The van der Waals surface area contributed by atoms with Gasteiger partial charge in [0.25, 0.3) is 0 Å². The predicted molar refractivity (Wildman–Crippen MR) is 44.3 cm³/mol. The van der Waals surface area contributed by atoms with Crippen molar-refractivity contribution in [3.8, 4) is 0 Å². The van der Waals surface area contributed by atoms with Gasteiger partial charge in [0.2, 0.25) is 0 Å². The van der Waals surface area contributed by atoms with E-state index in [2.05, 4.69) is 24.4 Å². The molecule has 0 bridgehead atoms. The molecule has 0 unspecified atom stereocenters. The summed E-state index contributed by atoms with van der Waals surface area (Å²) in [7, 11) is 0. The summed E-state index contributed by atoms with van der Waals surface area (Å²) in [5, 5.41) is 17.9. The van der Waals surface area contributed by atoms with Crippen LogP contribution in [0.4, 0.5) is 0 Å². The molecule has 3 N–H and O–H groups in total. The fourth-order valence-electron chi connectivity index (χ4n) is 0.309. The Labute approximate surface area is 69.4 Å². The summed E-state index contributed by atoms with van der Waals surface area (Å²) < 4.78 is 0. The Kier molecular flexibility index (Phi) is 4.37. The second kappa shape index (κ2) is 4.51. The van der Waals surface area contributed by atoms with E-state index < -0.39 is 0 Å². The zero-order valence-corrected chi connectivity index (χ0v) is 7.00. The number of nitrogens with zero attached hydrogens (tertiary/aromatic N) is 1. The molecule has 0 saturated heterocycles. The van der Waals surface area contributed by atoms with Gasteiger partial charge in [-0.25, -0.2) is 5.06 Å². The third-order valence-corrected chi connectivity index (χ3v) is 1.66. The molecule has 0 aromatic heterocycles. The van der Waals surface area contributed by atoms with Crippen LogP contribution in [-0.2, 0) is 0 Å². The lowest BCUT2D eigenvalue weighted by Crippen LogP contribution is -2.37. The van der Waals surface area contributed by atoms with Crippen molar-refractivity contribution in [2.45, 2.75) is 6.92 Å². The van der Waals surface area contributed by atoms with Crippen LogP contribution < -0.4 is 5.48 Å². The minimum absolute atomic E-state index is 0.0139. The molecule has 0 amide bonds. The van der Waals surface area contributed by atoms with Crippen LogP contribution >= 0.6 is 24.4 Å². The molecule has 0 rings (SSSR count). The SMILES string of the molecule is CCN(O)C(=S)C(=S)NO. The third-order valence-electron chi connectivity index (χ3n) is 0.830. The van der Waals surface area contributed by atoms with Gasteiger partial charge in [-0.3, -0.25) is 15.9 Å². The molecule has 0 aromatic rings. The molecule has 0 fully saturated rings. The molecule has 0 spiro atoms. The molecule has 0 radical (unpaired) electrons. The summed E-state index contributed by atoms with van der Waals surface area (Å²) in [5.41, 5.74) is 1.67. The van der Waals surface area contributed by atoms with Gasteiger partial charge in [0.05, 0.1) is 0 Å². The van der Waals surface area contributed by atoms with Crippen molar-refractivity contribution >= 4 is 34.4 Å². The molecule has 0 aliphatic carbocycles. The molecule has 0 aliphatic heterocycles. The largest absolute Gasteiger partial charge is 0.290 e. The normalized spacial score (nSPS) is 8.70. The Balaban J connectivity index is 3.95. The molecule has 6 heteroatoms. The highest BCUT2D eigenvalue weighted by atomic mass is 32.1. The van der Waals surface area contributed by atoms with E-state index in [4.69, 9.17) is 10.4 Å². The molecule has 0 aromatic carbocycles. The zero-order valence-electron chi connectivity index (χ0n) is 5.37. The van der Waals surface area contributed by atoms with Crippen LogP contribution in [0.2, 0.25) is 0 Å². The van der Waals surface area contributed by atoms with Gasteiger partial charge in [0, 0.05) is 6.54 Å². The maximum absolute atomic E-state index is 8.88.